The molecule has 1 aromatic rings. The van der Waals surface area contributed by atoms with Crippen molar-refractivity contribution in [3.63, 3.8) is 0 Å². The van der Waals surface area contributed by atoms with Crippen LogP contribution in [0.4, 0.5) is 0 Å². The molecular formula is C24H36N4O4S. The van der Waals surface area contributed by atoms with E-state index in [1.165, 1.54) is 0 Å². The molecule has 0 spiro atoms. The predicted octanol–water partition coefficient (Wildman–Crippen LogP) is 2.63. The molecule has 1 fully saturated rings. The van der Waals surface area contributed by atoms with Gasteiger partial charge in [0.05, 0.1) is 35.2 Å². The Bertz CT molecular complexity index is 1020. The Morgan fingerprint density at radius 3 is 2.27 bits per heavy atom. The van der Waals surface area contributed by atoms with Gasteiger partial charge in [0.1, 0.15) is 0 Å². The first kappa shape index (κ1) is 25.4. The highest BCUT2D eigenvalue weighted by molar-refractivity contribution is 7.89. The van der Waals surface area contributed by atoms with Gasteiger partial charge in [-0.15, -0.1) is 0 Å². The van der Waals surface area contributed by atoms with E-state index in [-0.39, 0.29) is 18.4 Å². The van der Waals surface area contributed by atoms with Crippen molar-refractivity contribution in [1.29, 1.82) is 0 Å². The first-order valence-electron chi connectivity index (χ1n) is 11.6. The predicted molar refractivity (Wildman–Crippen MR) is 127 cm³/mol. The highest BCUT2D eigenvalue weighted by atomic mass is 32.2. The SMILES string of the molecule is CC(C)C(NCc1ccc(C(=O)N2CC=C3[C@H]2[C@@H](C(C)C)C(=O)N3S(C)(=O)=O)cn1)C(C)C. The van der Waals surface area contributed by atoms with E-state index < -0.39 is 27.9 Å². The van der Waals surface area contributed by atoms with E-state index in [0.29, 0.717) is 35.7 Å². The standard InChI is InChI=1S/C24H36N4O4S/c1-14(2)20-22-19(28(24(20)30)33(7,31)32)10-11-27(22)23(29)17-8-9-18(25-12-17)13-26-21(15(3)4)16(5)6/h8-10,12,14-16,20-22,26H,11,13H2,1-7H3/t20-,22+/m1/s1. The summed E-state index contributed by atoms with van der Waals surface area (Å²) >= 11 is 0. The first-order valence-corrected chi connectivity index (χ1v) is 13.4. The lowest BCUT2D eigenvalue weighted by molar-refractivity contribution is -0.128. The average Bonchev–Trinajstić information content (AvgIpc) is 3.23. The van der Waals surface area contributed by atoms with Crippen LogP contribution in [0.1, 0.15) is 57.6 Å². The molecule has 1 aromatic heterocycles. The van der Waals surface area contributed by atoms with Gasteiger partial charge in [0.15, 0.2) is 0 Å². The maximum Gasteiger partial charge on any atom is 0.256 e. The summed E-state index contributed by atoms with van der Waals surface area (Å²) in [5.41, 5.74) is 1.65. The van der Waals surface area contributed by atoms with Crippen molar-refractivity contribution >= 4 is 21.8 Å². The van der Waals surface area contributed by atoms with Gasteiger partial charge >= 0.3 is 0 Å². The van der Waals surface area contributed by atoms with Crippen LogP contribution in [0.2, 0.25) is 0 Å². The molecular weight excluding hydrogens is 440 g/mol. The highest BCUT2D eigenvalue weighted by Crippen LogP contribution is 2.41. The molecule has 0 bridgehead atoms. The van der Waals surface area contributed by atoms with E-state index in [1.54, 1.807) is 23.2 Å². The minimum absolute atomic E-state index is 0.118. The molecule has 1 saturated heterocycles. The third kappa shape index (κ3) is 4.99. The monoisotopic (exact) mass is 476 g/mol. The topological polar surface area (TPSA) is 99.7 Å². The van der Waals surface area contributed by atoms with Crippen molar-refractivity contribution in [2.45, 2.75) is 60.2 Å². The first-order chi connectivity index (χ1) is 15.3. The van der Waals surface area contributed by atoms with Gasteiger partial charge in [0.25, 0.3) is 5.91 Å². The number of nitrogens with zero attached hydrogens (tertiary/aromatic N) is 3. The second-order valence-electron chi connectivity index (χ2n) is 10.1. The van der Waals surface area contributed by atoms with Crippen LogP contribution < -0.4 is 5.32 Å². The number of fused-ring (bicyclic) bond motifs is 1. The number of rotatable bonds is 8. The van der Waals surface area contributed by atoms with Crippen LogP contribution in [0.15, 0.2) is 30.1 Å². The van der Waals surface area contributed by atoms with E-state index in [1.807, 2.05) is 19.9 Å². The molecule has 0 unspecified atom stereocenters. The van der Waals surface area contributed by atoms with Crippen molar-refractivity contribution in [2.75, 3.05) is 12.8 Å². The summed E-state index contributed by atoms with van der Waals surface area (Å²) in [6.45, 7) is 13.4. The molecule has 0 radical (unpaired) electrons. The molecule has 0 aromatic carbocycles. The maximum atomic E-state index is 13.3. The van der Waals surface area contributed by atoms with Crippen molar-refractivity contribution in [1.82, 2.24) is 19.5 Å². The van der Waals surface area contributed by atoms with E-state index >= 15 is 0 Å². The van der Waals surface area contributed by atoms with Gasteiger partial charge in [0, 0.05) is 25.3 Å². The number of carbonyl (C=O) groups excluding carboxylic acids is 2. The zero-order chi connectivity index (χ0) is 24.7. The van der Waals surface area contributed by atoms with E-state index in [4.69, 9.17) is 0 Å². The van der Waals surface area contributed by atoms with Crippen molar-refractivity contribution in [3.05, 3.63) is 41.4 Å². The third-order valence-corrected chi connectivity index (χ3v) is 7.59. The lowest BCUT2D eigenvalue weighted by atomic mass is 9.89. The van der Waals surface area contributed by atoms with Crippen LogP contribution in [0.25, 0.3) is 0 Å². The summed E-state index contributed by atoms with van der Waals surface area (Å²) in [7, 11) is -3.76. The van der Waals surface area contributed by atoms with Crippen LogP contribution in [0.5, 0.6) is 0 Å². The van der Waals surface area contributed by atoms with Crippen molar-refractivity contribution in [2.24, 2.45) is 23.7 Å². The second-order valence-corrected chi connectivity index (χ2v) is 11.9. The molecule has 0 aliphatic carbocycles. The summed E-state index contributed by atoms with van der Waals surface area (Å²) in [5.74, 6) is -0.445. The molecule has 3 heterocycles. The third-order valence-electron chi connectivity index (χ3n) is 6.53. The Labute approximate surface area is 197 Å². The van der Waals surface area contributed by atoms with Crippen LogP contribution in [-0.4, -0.2) is 59.3 Å². The number of sulfonamides is 1. The van der Waals surface area contributed by atoms with E-state index in [2.05, 4.69) is 38.0 Å². The minimum Gasteiger partial charge on any atom is -0.325 e. The van der Waals surface area contributed by atoms with Gasteiger partial charge in [-0.1, -0.05) is 41.5 Å². The molecule has 33 heavy (non-hydrogen) atoms. The molecule has 182 valence electrons. The number of amides is 2. The summed E-state index contributed by atoms with van der Waals surface area (Å²) < 4.78 is 25.4. The molecule has 8 nitrogen and oxygen atoms in total. The molecule has 0 saturated carbocycles. The number of nitrogens with one attached hydrogen (secondary N) is 1. The number of hydrogen-bond donors (Lipinski definition) is 1. The van der Waals surface area contributed by atoms with Crippen molar-refractivity contribution < 1.29 is 18.0 Å². The fourth-order valence-electron chi connectivity index (χ4n) is 5.06. The Morgan fingerprint density at radius 1 is 1.15 bits per heavy atom. The van der Waals surface area contributed by atoms with Gasteiger partial charge in [-0.25, -0.2) is 12.7 Å². The van der Waals surface area contributed by atoms with E-state index in [0.717, 1.165) is 16.3 Å². The Morgan fingerprint density at radius 2 is 1.79 bits per heavy atom. The van der Waals surface area contributed by atoms with Crippen LogP contribution >= 0.6 is 0 Å². The molecule has 2 aliphatic heterocycles. The summed E-state index contributed by atoms with van der Waals surface area (Å²) in [6.07, 6.45) is 4.26. The summed E-state index contributed by atoms with van der Waals surface area (Å²) in [4.78, 5) is 32.3. The van der Waals surface area contributed by atoms with Crippen molar-refractivity contribution in [3.8, 4) is 0 Å². The Kier molecular flexibility index (Phi) is 7.33. The second kappa shape index (κ2) is 9.54. The quantitative estimate of drug-likeness (QED) is 0.619. The number of pyridine rings is 1. The van der Waals surface area contributed by atoms with E-state index in [9.17, 15) is 18.0 Å². The van der Waals surface area contributed by atoms with Gasteiger partial charge in [-0.05, 0) is 36.0 Å². The smallest absolute Gasteiger partial charge is 0.256 e. The van der Waals surface area contributed by atoms with Gasteiger partial charge in [0.2, 0.25) is 15.9 Å². The normalized spacial score (nSPS) is 21.1. The molecule has 3 rings (SSSR count). The van der Waals surface area contributed by atoms with Crippen LogP contribution in [0.3, 0.4) is 0 Å². The lowest BCUT2D eigenvalue weighted by Gasteiger charge is -2.29. The zero-order valence-corrected chi connectivity index (χ0v) is 21.4. The fraction of sp³-hybridized carbons (Fsp3) is 0.625. The maximum absolute atomic E-state index is 13.3. The molecule has 2 aliphatic rings. The molecule has 1 N–H and O–H groups in total. The van der Waals surface area contributed by atoms with Crippen LogP contribution in [-0.2, 0) is 21.4 Å². The van der Waals surface area contributed by atoms with Gasteiger partial charge in [-0.2, -0.15) is 0 Å². The fourth-order valence-corrected chi connectivity index (χ4v) is 6.08. The van der Waals surface area contributed by atoms with Gasteiger partial charge in [-0.3, -0.25) is 14.6 Å². The Hall–Kier alpha value is -2.26. The largest absolute Gasteiger partial charge is 0.325 e. The number of carbonyl (C=O) groups is 2. The minimum atomic E-state index is -3.76. The summed E-state index contributed by atoms with van der Waals surface area (Å²) in [5, 5.41) is 3.54. The molecule has 2 amide bonds. The zero-order valence-electron chi connectivity index (χ0n) is 20.6. The summed E-state index contributed by atoms with van der Waals surface area (Å²) in [6, 6.07) is 3.37. The number of hydrogen-bond acceptors (Lipinski definition) is 6. The van der Waals surface area contributed by atoms with Gasteiger partial charge < -0.3 is 10.2 Å². The average molecular weight is 477 g/mol. The highest BCUT2D eigenvalue weighted by Gasteiger charge is 2.54. The lowest BCUT2D eigenvalue weighted by Crippen LogP contribution is -2.43. The molecule has 9 heteroatoms. The Balaban J connectivity index is 1.77. The molecule has 2 atom stereocenters. The van der Waals surface area contributed by atoms with Crippen LogP contribution in [0, 0.1) is 23.7 Å². The number of aromatic nitrogens is 1.